The zero-order valence-electron chi connectivity index (χ0n) is 15.9. The van der Waals surface area contributed by atoms with Crippen molar-refractivity contribution in [3.8, 4) is 11.4 Å². The van der Waals surface area contributed by atoms with Crippen molar-refractivity contribution < 1.29 is 0 Å². The van der Waals surface area contributed by atoms with Crippen LogP contribution in [-0.4, -0.2) is 9.97 Å². The lowest BCUT2D eigenvalue weighted by molar-refractivity contribution is 0.408. The Hall–Kier alpha value is -1.70. The molecule has 0 N–H and O–H groups in total. The maximum atomic E-state index is 4.89. The summed E-state index contributed by atoms with van der Waals surface area (Å²) in [6.07, 6.45) is 14.7. The first kappa shape index (κ1) is 18.1. The van der Waals surface area contributed by atoms with Crippen molar-refractivity contribution in [2.75, 3.05) is 0 Å². The molecule has 1 unspecified atom stereocenters. The highest BCUT2D eigenvalue weighted by atomic mass is 14.9. The highest BCUT2D eigenvalue weighted by molar-refractivity contribution is 5.55. The van der Waals surface area contributed by atoms with Gasteiger partial charge in [-0.25, -0.2) is 9.97 Å². The van der Waals surface area contributed by atoms with Crippen LogP contribution in [0.3, 0.4) is 0 Å². The first-order valence-electron chi connectivity index (χ1n) is 10.2. The van der Waals surface area contributed by atoms with Gasteiger partial charge in [-0.15, -0.1) is 0 Å². The van der Waals surface area contributed by atoms with Gasteiger partial charge in [-0.2, -0.15) is 0 Å². The summed E-state index contributed by atoms with van der Waals surface area (Å²) in [7, 11) is 0. The van der Waals surface area contributed by atoms with E-state index in [-0.39, 0.29) is 0 Å². The molecule has 0 radical (unpaired) electrons. The molecule has 0 fully saturated rings. The first-order chi connectivity index (χ1) is 12.3. The summed E-state index contributed by atoms with van der Waals surface area (Å²) >= 11 is 0. The highest BCUT2D eigenvalue weighted by Gasteiger charge is 2.20. The predicted octanol–water partition coefficient (Wildman–Crippen LogP) is 6.17. The molecule has 0 spiro atoms. The number of hydrogen-bond donors (Lipinski definition) is 0. The normalized spacial score (nSPS) is 16.6. The van der Waals surface area contributed by atoms with Crippen LogP contribution in [-0.2, 0) is 19.3 Å². The second-order valence-corrected chi connectivity index (χ2v) is 7.57. The fourth-order valence-electron chi connectivity index (χ4n) is 3.86. The molecule has 1 heterocycles. The molecule has 0 aliphatic heterocycles. The largest absolute Gasteiger partial charge is 0.236 e. The average Bonchev–Trinajstić information content (AvgIpc) is 2.66. The van der Waals surface area contributed by atoms with Crippen LogP contribution in [0.25, 0.3) is 11.4 Å². The van der Waals surface area contributed by atoms with Gasteiger partial charge in [-0.05, 0) is 49.1 Å². The Morgan fingerprint density at radius 2 is 1.80 bits per heavy atom. The van der Waals surface area contributed by atoms with E-state index in [1.165, 1.54) is 74.6 Å². The summed E-state index contributed by atoms with van der Waals surface area (Å²) in [6, 6.07) is 8.87. The number of fused-ring (bicyclic) bond motifs is 1. The molecule has 0 amide bonds. The summed E-state index contributed by atoms with van der Waals surface area (Å²) in [5.74, 6) is 1.73. The maximum Gasteiger partial charge on any atom is 0.159 e. The van der Waals surface area contributed by atoms with Gasteiger partial charge in [0.1, 0.15) is 0 Å². The Kier molecular flexibility index (Phi) is 6.61. The molecule has 1 atom stereocenters. The topological polar surface area (TPSA) is 25.8 Å². The third-order valence-corrected chi connectivity index (χ3v) is 5.50. The number of unbranched alkanes of at least 4 members (excludes halogenated alkanes) is 3. The van der Waals surface area contributed by atoms with Gasteiger partial charge in [0.25, 0.3) is 0 Å². The van der Waals surface area contributed by atoms with E-state index in [9.17, 15) is 0 Å². The zero-order chi connectivity index (χ0) is 17.5. The molecule has 1 aromatic carbocycles. The Morgan fingerprint density at radius 1 is 1.00 bits per heavy atom. The van der Waals surface area contributed by atoms with Crippen LogP contribution < -0.4 is 0 Å². The van der Waals surface area contributed by atoms with Crippen molar-refractivity contribution in [2.24, 2.45) is 5.92 Å². The number of rotatable bonds is 8. The zero-order valence-corrected chi connectivity index (χ0v) is 15.9. The van der Waals surface area contributed by atoms with E-state index in [1.54, 1.807) is 0 Å². The molecule has 0 bridgehead atoms. The van der Waals surface area contributed by atoms with Crippen LogP contribution in [0.15, 0.2) is 30.5 Å². The van der Waals surface area contributed by atoms with E-state index in [4.69, 9.17) is 4.98 Å². The molecule has 1 aliphatic rings. The summed E-state index contributed by atoms with van der Waals surface area (Å²) in [5, 5.41) is 0. The minimum Gasteiger partial charge on any atom is -0.236 e. The van der Waals surface area contributed by atoms with E-state index < -0.39 is 0 Å². The van der Waals surface area contributed by atoms with E-state index >= 15 is 0 Å². The van der Waals surface area contributed by atoms with Gasteiger partial charge in [0.2, 0.25) is 0 Å². The number of aromatic nitrogens is 2. The lowest BCUT2D eigenvalue weighted by atomic mass is 9.84. The predicted molar refractivity (Wildman–Crippen MR) is 106 cm³/mol. The van der Waals surface area contributed by atoms with Crippen molar-refractivity contribution >= 4 is 0 Å². The molecule has 1 aliphatic carbocycles. The third kappa shape index (κ3) is 4.90. The lowest BCUT2D eigenvalue weighted by Crippen LogP contribution is -2.16. The van der Waals surface area contributed by atoms with Gasteiger partial charge in [-0.1, -0.05) is 70.2 Å². The molecule has 2 aromatic rings. The summed E-state index contributed by atoms with van der Waals surface area (Å²) < 4.78 is 0. The first-order valence-corrected chi connectivity index (χ1v) is 10.2. The standard InChI is InChI=1S/C23H32N2/c1-3-5-7-9-18-10-13-20(14-11-18)23-24-17-21-16-19(8-6-4-2)12-15-22(21)25-23/h10-11,13-14,17,19H,3-9,12,15-16H2,1-2H3. The fraction of sp³-hybridized carbons (Fsp3) is 0.565. The Labute approximate surface area is 153 Å². The van der Waals surface area contributed by atoms with Gasteiger partial charge >= 0.3 is 0 Å². The average molecular weight is 337 g/mol. The van der Waals surface area contributed by atoms with Crippen molar-refractivity contribution in [3.63, 3.8) is 0 Å². The summed E-state index contributed by atoms with van der Waals surface area (Å²) in [6.45, 7) is 4.53. The van der Waals surface area contributed by atoms with Gasteiger partial charge in [-0.3, -0.25) is 0 Å². The molecule has 0 saturated carbocycles. The Bertz CT molecular complexity index is 660. The van der Waals surface area contributed by atoms with Gasteiger partial charge in [0.15, 0.2) is 5.82 Å². The Morgan fingerprint density at radius 3 is 2.56 bits per heavy atom. The SMILES string of the molecule is CCCCCc1ccc(-c2ncc3c(n2)CCC(CCCC)C3)cc1. The van der Waals surface area contributed by atoms with Crippen LogP contribution in [0.5, 0.6) is 0 Å². The molecule has 0 saturated heterocycles. The second-order valence-electron chi connectivity index (χ2n) is 7.57. The van der Waals surface area contributed by atoms with Crippen LogP contribution >= 0.6 is 0 Å². The van der Waals surface area contributed by atoms with E-state index in [0.29, 0.717) is 0 Å². The van der Waals surface area contributed by atoms with Crippen molar-refractivity contribution in [2.45, 2.75) is 78.1 Å². The summed E-state index contributed by atoms with van der Waals surface area (Å²) in [4.78, 5) is 9.56. The number of benzene rings is 1. The molecule has 1 aromatic heterocycles. The smallest absolute Gasteiger partial charge is 0.159 e. The Balaban J connectivity index is 1.66. The van der Waals surface area contributed by atoms with Gasteiger partial charge in [0, 0.05) is 17.5 Å². The van der Waals surface area contributed by atoms with Crippen molar-refractivity contribution in [3.05, 3.63) is 47.3 Å². The highest BCUT2D eigenvalue weighted by Crippen LogP contribution is 2.29. The van der Waals surface area contributed by atoms with E-state index in [0.717, 1.165) is 23.7 Å². The lowest BCUT2D eigenvalue weighted by Gasteiger charge is -2.23. The van der Waals surface area contributed by atoms with E-state index in [2.05, 4.69) is 49.3 Å². The van der Waals surface area contributed by atoms with Crippen LogP contribution in [0.1, 0.15) is 75.6 Å². The molecule has 2 nitrogen and oxygen atoms in total. The molecular formula is C23H32N2. The maximum absolute atomic E-state index is 4.89. The second kappa shape index (κ2) is 9.12. The number of hydrogen-bond acceptors (Lipinski definition) is 2. The molecule has 25 heavy (non-hydrogen) atoms. The molecule has 3 rings (SSSR count). The minimum atomic E-state index is 0.837. The third-order valence-electron chi connectivity index (χ3n) is 5.50. The van der Waals surface area contributed by atoms with Crippen LogP contribution in [0.4, 0.5) is 0 Å². The monoisotopic (exact) mass is 336 g/mol. The fourth-order valence-corrected chi connectivity index (χ4v) is 3.86. The minimum absolute atomic E-state index is 0.837. The van der Waals surface area contributed by atoms with Gasteiger partial charge < -0.3 is 0 Å². The molecule has 134 valence electrons. The van der Waals surface area contributed by atoms with Crippen molar-refractivity contribution in [1.82, 2.24) is 9.97 Å². The molecular weight excluding hydrogens is 304 g/mol. The van der Waals surface area contributed by atoms with Crippen molar-refractivity contribution in [1.29, 1.82) is 0 Å². The van der Waals surface area contributed by atoms with Crippen LogP contribution in [0, 0.1) is 5.92 Å². The van der Waals surface area contributed by atoms with Crippen LogP contribution in [0.2, 0.25) is 0 Å². The quantitative estimate of drug-likeness (QED) is 0.539. The molecule has 2 heteroatoms. The number of aryl methyl sites for hydroxylation is 2. The van der Waals surface area contributed by atoms with Gasteiger partial charge in [0.05, 0.1) is 0 Å². The van der Waals surface area contributed by atoms with E-state index in [1.807, 2.05) is 0 Å². The summed E-state index contributed by atoms with van der Waals surface area (Å²) in [5.41, 5.74) is 5.24. The number of nitrogens with zero attached hydrogens (tertiary/aromatic N) is 2.